The molecule has 5 nitrogen and oxygen atoms in total. The van der Waals surface area contributed by atoms with Crippen molar-refractivity contribution in [1.82, 2.24) is 5.16 Å². The molecule has 0 fully saturated rings. The van der Waals surface area contributed by atoms with Crippen LogP contribution >= 0.6 is 22.6 Å². The number of anilines is 1. The zero-order valence-corrected chi connectivity index (χ0v) is 11.5. The zero-order valence-electron chi connectivity index (χ0n) is 9.36. The fraction of sp³-hybridized carbons (Fsp3) is 0.182. The molecule has 0 bridgehead atoms. The maximum Gasteiger partial charge on any atom is 0.186 e. The van der Waals surface area contributed by atoms with E-state index in [1.165, 1.54) is 0 Å². The third-order valence-electron chi connectivity index (χ3n) is 2.31. The van der Waals surface area contributed by atoms with E-state index in [0.29, 0.717) is 23.1 Å². The molecule has 2 rings (SSSR count). The summed E-state index contributed by atoms with van der Waals surface area (Å²) in [7, 11) is 3.20. The van der Waals surface area contributed by atoms with Crippen molar-refractivity contribution in [3.63, 3.8) is 0 Å². The van der Waals surface area contributed by atoms with Crippen LogP contribution in [0.1, 0.15) is 0 Å². The highest BCUT2D eigenvalue weighted by Crippen LogP contribution is 2.37. The Kier molecular flexibility index (Phi) is 3.41. The largest absolute Gasteiger partial charge is 0.497 e. The predicted molar refractivity (Wildman–Crippen MR) is 72.2 cm³/mol. The van der Waals surface area contributed by atoms with E-state index >= 15 is 0 Å². The van der Waals surface area contributed by atoms with Crippen LogP contribution in [0.2, 0.25) is 0 Å². The Labute approximate surface area is 112 Å². The van der Waals surface area contributed by atoms with Crippen molar-refractivity contribution >= 4 is 28.4 Å². The van der Waals surface area contributed by atoms with Crippen molar-refractivity contribution in [3.8, 4) is 22.8 Å². The molecule has 0 spiro atoms. The Morgan fingerprint density at radius 2 is 2.06 bits per heavy atom. The molecule has 1 aromatic carbocycles. The second-order valence-electron chi connectivity index (χ2n) is 3.28. The molecule has 0 unspecified atom stereocenters. The molecule has 0 saturated heterocycles. The molecule has 0 atom stereocenters. The first-order valence-corrected chi connectivity index (χ1v) is 5.88. The molecular formula is C11H11IN2O3. The summed E-state index contributed by atoms with van der Waals surface area (Å²) in [5.41, 5.74) is 6.42. The van der Waals surface area contributed by atoms with Crippen LogP contribution in [0.3, 0.4) is 0 Å². The quantitative estimate of drug-likeness (QED) is 0.865. The van der Waals surface area contributed by atoms with Gasteiger partial charge >= 0.3 is 0 Å². The van der Waals surface area contributed by atoms with E-state index in [-0.39, 0.29) is 0 Å². The van der Waals surface area contributed by atoms with E-state index in [2.05, 4.69) is 27.7 Å². The number of aromatic nitrogens is 1. The molecule has 0 amide bonds. The molecule has 1 heterocycles. The average Bonchev–Trinajstić information content (AvgIpc) is 2.69. The molecule has 0 aliphatic rings. The van der Waals surface area contributed by atoms with Gasteiger partial charge in [-0.05, 0) is 40.8 Å². The van der Waals surface area contributed by atoms with Crippen molar-refractivity contribution in [3.05, 3.63) is 21.8 Å². The van der Waals surface area contributed by atoms with Crippen LogP contribution in [0.15, 0.2) is 22.7 Å². The summed E-state index contributed by atoms with van der Waals surface area (Å²) in [4.78, 5) is 0. The Bertz CT molecular complexity index is 540. The van der Waals surface area contributed by atoms with Crippen LogP contribution in [0.4, 0.5) is 5.82 Å². The van der Waals surface area contributed by atoms with Crippen LogP contribution in [0.5, 0.6) is 11.5 Å². The predicted octanol–water partition coefficient (Wildman–Crippen LogP) is 2.55. The fourth-order valence-electron chi connectivity index (χ4n) is 1.45. The first-order valence-electron chi connectivity index (χ1n) is 4.80. The summed E-state index contributed by atoms with van der Waals surface area (Å²) >= 11 is 2.08. The summed E-state index contributed by atoms with van der Waals surface area (Å²) in [5.74, 6) is 2.34. The average molecular weight is 346 g/mol. The summed E-state index contributed by atoms with van der Waals surface area (Å²) in [6.07, 6.45) is 0. The molecule has 0 aliphatic carbocycles. The minimum atomic E-state index is 0.366. The maximum absolute atomic E-state index is 5.66. The second-order valence-corrected chi connectivity index (χ2v) is 4.36. The van der Waals surface area contributed by atoms with Crippen LogP contribution in [-0.4, -0.2) is 19.4 Å². The van der Waals surface area contributed by atoms with Crippen molar-refractivity contribution in [2.24, 2.45) is 0 Å². The molecule has 2 N–H and O–H groups in total. The van der Waals surface area contributed by atoms with Gasteiger partial charge in [-0.2, -0.15) is 0 Å². The van der Waals surface area contributed by atoms with Gasteiger partial charge in [0.15, 0.2) is 11.6 Å². The minimum absolute atomic E-state index is 0.366. The lowest BCUT2D eigenvalue weighted by Crippen LogP contribution is -1.91. The minimum Gasteiger partial charge on any atom is -0.497 e. The molecule has 2 aromatic rings. The molecular weight excluding hydrogens is 335 g/mol. The molecule has 17 heavy (non-hydrogen) atoms. The summed E-state index contributed by atoms with van der Waals surface area (Å²) in [6, 6.07) is 5.44. The van der Waals surface area contributed by atoms with Gasteiger partial charge in [-0.1, -0.05) is 5.16 Å². The normalized spacial score (nSPS) is 10.3. The SMILES string of the molecule is COc1ccc(OC)c(-c2onc(N)c2I)c1. The van der Waals surface area contributed by atoms with E-state index in [0.717, 1.165) is 9.13 Å². The van der Waals surface area contributed by atoms with Gasteiger partial charge in [-0.15, -0.1) is 0 Å². The molecule has 6 heteroatoms. The number of rotatable bonds is 3. The van der Waals surface area contributed by atoms with Crippen molar-refractivity contribution < 1.29 is 14.0 Å². The van der Waals surface area contributed by atoms with Crippen molar-refractivity contribution in [2.75, 3.05) is 20.0 Å². The Morgan fingerprint density at radius 1 is 1.29 bits per heavy atom. The number of hydrogen-bond donors (Lipinski definition) is 1. The van der Waals surface area contributed by atoms with Gasteiger partial charge in [-0.3, -0.25) is 0 Å². The number of nitrogens with two attached hydrogens (primary N) is 1. The fourth-order valence-corrected chi connectivity index (χ4v) is 1.94. The van der Waals surface area contributed by atoms with Crippen LogP contribution in [0, 0.1) is 3.57 Å². The highest BCUT2D eigenvalue weighted by molar-refractivity contribution is 14.1. The lowest BCUT2D eigenvalue weighted by Gasteiger charge is -2.08. The van der Waals surface area contributed by atoms with E-state index in [9.17, 15) is 0 Å². The molecule has 0 saturated carbocycles. The standard InChI is InChI=1S/C11H11IN2O3/c1-15-6-3-4-8(16-2)7(5-6)10-9(12)11(13)14-17-10/h3-5H,1-2H3,(H2,13,14). The lowest BCUT2D eigenvalue weighted by molar-refractivity contribution is 0.398. The van der Waals surface area contributed by atoms with Gasteiger partial charge in [-0.25, -0.2) is 0 Å². The topological polar surface area (TPSA) is 70.5 Å². The van der Waals surface area contributed by atoms with E-state index < -0.39 is 0 Å². The Morgan fingerprint density at radius 3 is 2.59 bits per heavy atom. The van der Waals surface area contributed by atoms with Crippen LogP contribution in [0.25, 0.3) is 11.3 Å². The van der Waals surface area contributed by atoms with E-state index in [4.69, 9.17) is 19.7 Å². The smallest absolute Gasteiger partial charge is 0.186 e. The van der Waals surface area contributed by atoms with Crippen LogP contribution in [-0.2, 0) is 0 Å². The first kappa shape index (κ1) is 12.0. The number of nitrogens with zero attached hydrogens (tertiary/aromatic N) is 1. The third-order valence-corrected chi connectivity index (χ3v) is 3.35. The molecule has 90 valence electrons. The summed E-state index contributed by atoms with van der Waals surface area (Å²) in [5, 5.41) is 3.72. The zero-order chi connectivity index (χ0) is 12.4. The number of hydrogen-bond acceptors (Lipinski definition) is 5. The Hall–Kier alpha value is -1.44. The van der Waals surface area contributed by atoms with E-state index in [1.54, 1.807) is 14.2 Å². The number of benzene rings is 1. The number of halogens is 1. The number of methoxy groups -OCH3 is 2. The second kappa shape index (κ2) is 4.82. The van der Waals surface area contributed by atoms with Gasteiger partial charge in [0.05, 0.1) is 19.8 Å². The summed E-state index contributed by atoms with van der Waals surface area (Å²) < 4.78 is 16.4. The third kappa shape index (κ3) is 2.17. The maximum atomic E-state index is 5.66. The van der Waals surface area contributed by atoms with Crippen LogP contribution < -0.4 is 15.2 Å². The molecule has 0 radical (unpaired) electrons. The number of nitrogen functional groups attached to an aromatic ring is 1. The van der Waals surface area contributed by atoms with Crippen molar-refractivity contribution in [1.29, 1.82) is 0 Å². The molecule has 1 aromatic heterocycles. The van der Waals surface area contributed by atoms with Gasteiger partial charge in [0, 0.05) is 0 Å². The first-order chi connectivity index (χ1) is 8.17. The monoisotopic (exact) mass is 346 g/mol. The van der Waals surface area contributed by atoms with Gasteiger partial charge in [0.25, 0.3) is 0 Å². The highest BCUT2D eigenvalue weighted by atomic mass is 127. The summed E-state index contributed by atoms with van der Waals surface area (Å²) in [6.45, 7) is 0. The highest BCUT2D eigenvalue weighted by Gasteiger charge is 2.17. The van der Waals surface area contributed by atoms with Gasteiger partial charge in [0.1, 0.15) is 15.1 Å². The molecule has 0 aliphatic heterocycles. The van der Waals surface area contributed by atoms with E-state index in [1.807, 2.05) is 18.2 Å². The Balaban J connectivity index is 2.60. The lowest BCUT2D eigenvalue weighted by atomic mass is 10.1. The van der Waals surface area contributed by atoms with Gasteiger partial charge in [0.2, 0.25) is 0 Å². The number of ether oxygens (including phenoxy) is 2. The van der Waals surface area contributed by atoms with Crippen molar-refractivity contribution in [2.45, 2.75) is 0 Å². The van der Waals surface area contributed by atoms with Gasteiger partial charge < -0.3 is 19.7 Å².